The molecule has 3 rings (SSSR count). The number of hydrogen-bond acceptors (Lipinski definition) is 3. The Morgan fingerprint density at radius 1 is 1.06 bits per heavy atom. The van der Waals surface area contributed by atoms with E-state index in [1.54, 1.807) is 0 Å². The molecule has 3 heterocycles. The van der Waals surface area contributed by atoms with Crippen molar-refractivity contribution in [2.45, 2.75) is 51.2 Å². The predicted molar refractivity (Wildman–Crippen MR) is 73.8 cm³/mol. The van der Waals surface area contributed by atoms with Crippen molar-refractivity contribution in [1.82, 2.24) is 9.80 Å². The summed E-state index contributed by atoms with van der Waals surface area (Å²) in [5.74, 6) is 0.778. The lowest BCUT2D eigenvalue weighted by atomic mass is 10.00. The minimum atomic E-state index is 0.482. The molecule has 104 valence electrons. The maximum Gasteiger partial charge on any atom is 0.0588 e. The molecule has 3 aliphatic heterocycles. The highest BCUT2D eigenvalue weighted by Crippen LogP contribution is 2.25. The van der Waals surface area contributed by atoms with Crippen molar-refractivity contribution < 1.29 is 4.74 Å². The molecule has 3 fully saturated rings. The second kappa shape index (κ2) is 5.89. The van der Waals surface area contributed by atoms with Gasteiger partial charge in [-0.25, -0.2) is 0 Å². The molecule has 0 saturated carbocycles. The largest absolute Gasteiger partial charge is 0.378 e. The Balaban J connectivity index is 1.55. The van der Waals surface area contributed by atoms with Crippen LogP contribution in [0.1, 0.15) is 39.0 Å². The third-order valence-corrected chi connectivity index (χ3v) is 5.16. The Morgan fingerprint density at radius 2 is 1.94 bits per heavy atom. The van der Waals surface area contributed by atoms with Gasteiger partial charge in [-0.1, -0.05) is 6.42 Å². The Kier molecular flexibility index (Phi) is 4.22. The Morgan fingerprint density at radius 3 is 2.78 bits per heavy atom. The first-order valence-corrected chi connectivity index (χ1v) is 7.91. The van der Waals surface area contributed by atoms with Gasteiger partial charge in [0.1, 0.15) is 0 Å². The molecule has 0 aromatic rings. The molecule has 0 radical (unpaired) electrons. The molecule has 3 saturated heterocycles. The van der Waals surface area contributed by atoms with Crippen LogP contribution < -0.4 is 0 Å². The van der Waals surface area contributed by atoms with Gasteiger partial charge in [-0.05, 0) is 58.2 Å². The van der Waals surface area contributed by atoms with E-state index in [0.717, 1.165) is 18.6 Å². The fourth-order valence-corrected chi connectivity index (χ4v) is 3.96. The second-order valence-electron chi connectivity index (χ2n) is 6.42. The van der Waals surface area contributed by atoms with Gasteiger partial charge in [-0.15, -0.1) is 0 Å². The molecule has 3 heteroatoms. The summed E-state index contributed by atoms with van der Waals surface area (Å²) in [6.45, 7) is 9.79. The lowest BCUT2D eigenvalue weighted by Gasteiger charge is -2.36. The molecule has 3 aliphatic rings. The molecule has 3 unspecified atom stereocenters. The molecule has 3 atom stereocenters. The summed E-state index contributed by atoms with van der Waals surface area (Å²) in [5.41, 5.74) is 0. The molecule has 0 bridgehead atoms. The van der Waals surface area contributed by atoms with E-state index in [0.29, 0.717) is 6.10 Å². The second-order valence-corrected chi connectivity index (χ2v) is 6.42. The molecule has 0 aliphatic carbocycles. The van der Waals surface area contributed by atoms with Crippen LogP contribution in [0.25, 0.3) is 0 Å². The van der Waals surface area contributed by atoms with E-state index in [2.05, 4.69) is 16.7 Å². The molecular formula is C15H28N2O. The molecule has 0 spiro atoms. The van der Waals surface area contributed by atoms with Crippen molar-refractivity contribution in [3.63, 3.8) is 0 Å². The maximum absolute atomic E-state index is 5.71. The number of hydrogen-bond donors (Lipinski definition) is 0. The number of nitrogens with zero attached hydrogens (tertiary/aromatic N) is 2. The van der Waals surface area contributed by atoms with Crippen molar-refractivity contribution in [2.24, 2.45) is 5.92 Å². The molecule has 3 nitrogen and oxygen atoms in total. The van der Waals surface area contributed by atoms with Gasteiger partial charge in [0.25, 0.3) is 0 Å². The average molecular weight is 252 g/mol. The fourth-order valence-electron chi connectivity index (χ4n) is 3.96. The highest BCUT2D eigenvalue weighted by atomic mass is 16.5. The minimum absolute atomic E-state index is 0.482. The summed E-state index contributed by atoms with van der Waals surface area (Å²) in [7, 11) is 0. The van der Waals surface area contributed by atoms with Crippen LogP contribution in [-0.2, 0) is 4.74 Å². The van der Waals surface area contributed by atoms with E-state index < -0.39 is 0 Å². The predicted octanol–water partition coefficient (Wildman–Crippen LogP) is 1.97. The lowest BCUT2D eigenvalue weighted by molar-refractivity contribution is 0.0862. The van der Waals surface area contributed by atoms with Crippen molar-refractivity contribution in [3.8, 4) is 0 Å². The lowest BCUT2D eigenvalue weighted by Crippen LogP contribution is -2.45. The normalized spacial score (nSPS) is 39.5. The molecule has 18 heavy (non-hydrogen) atoms. The fraction of sp³-hybridized carbons (Fsp3) is 1.00. The minimum Gasteiger partial charge on any atom is -0.378 e. The van der Waals surface area contributed by atoms with Crippen molar-refractivity contribution in [3.05, 3.63) is 0 Å². The van der Waals surface area contributed by atoms with Gasteiger partial charge in [-0.2, -0.15) is 0 Å². The van der Waals surface area contributed by atoms with Crippen molar-refractivity contribution >= 4 is 0 Å². The van der Waals surface area contributed by atoms with Crippen LogP contribution in [0, 0.1) is 5.92 Å². The van der Waals surface area contributed by atoms with Crippen LogP contribution in [-0.4, -0.2) is 61.3 Å². The first kappa shape index (κ1) is 12.9. The smallest absolute Gasteiger partial charge is 0.0588 e. The zero-order valence-corrected chi connectivity index (χ0v) is 11.8. The van der Waals surface area contributed by atoms with E-state index in [1.165, 1.54) is 64.8 Å². The van der Waals surface area contributed by atoms with Crippen LogP contribution in [0.2, 0.25) is 0 Å². The van der Waals surface area contributed by atoms with E-state index in [-0.39, 0.29) is 0 Å². The van der Waals surface area contributed by atoms with Crippen LogP contribution in [0.3, 0.4) is 0 Å². The zero-order chi connectivity index (χ0) is 12.4. The van der Waals surface area contributed by atoms with E-state index in [4.69, 9.17) is 4.74 Å². The summed E-state index contributed by atoms with van der Waals surface area (Å²) in [4.78, 5) is 5.48. The number of rotatable bonds is 2. The van der Waals surface area contributed by atoms with Crippen LogP contribution in [0.4, 0.5) is 0 Å². The average Bonchev–Trinajstić information content (AvgIpc) is 2.66. The van der Waals surface area contributed by atoms with Crippen molar-refractivity contribution in [1.29, 1.82) is 0 Å². The number of fused-ring (bicyclic) bond motifs is 1. The van der Waals surface area contributed by atoms with Crippen LogP contribution in [0.15, 0.2) is 0 Å². The third kappa shape index (κ3) is 2.89. The van der Waals surface area contributed by atoms with E-state index in [1.807, 2.05) is 0 Å². The van der Waals surface area contributed by atoms with Gasteiger partial charge < -0.3 is 9.64 Å². The van der Waals surface area contributed by atoms with Gasteiger partial charge in [0.05, 0.1) is 6.10 Å². The quantitative estimate of drug-likeness (QED) is 0.747. The Labute approximate surface area is 111 Å². The summed E-state index contributed by atoms with van der Waals surface area (Å²) < 4.78 is 5.71. The molecular weight excluding hydrogens is 224 g/mol. The SMILES string of the molecule is CC1OCCC1CN1CCCN2CCCCC2C1. The van der Waals surface area contributed by atoms with Gasteiger partial charge in [-0.3, -0.25) is 4.90 Å². The monoisotopic (exact) mass is 252 g/mol. The first-order valence-electron chi connectivity index (χ1n) is 7.91. The summed E-state index contributed by atoms with van der Waals surface area (Å²) in [6.07, 6.45) is 7.40. The standard InChI is InChI=1S/C15H28N2O/c1-13-14(6-10-18-13)11-16-7-4-9-17-8-3-2-5-15(17)12-16/h13-15H,2-12H2,1H3. The zero-order valence-electron chi connectivity index (χ0n) is 11.8. The Bertz CT molecular complexity index is 271. The van der Waals surface area contributed by atoms with Gasteiger partial charge in [0, 0.05) is 25.7 Å². The van der Waals surface area contributed by atoms with Crippen LogP contribution >= 0.6 is 0 Å². The number of piperidine rings is 1. The highest BCUT2D eigenvalue weighted by molar-refractivity contribution is 4.85. The van der Waals surface area contributed by atoms with Gasteiger partial charge in [0.2, 0.25) is 0 Å². The van der Waals surface area contributed by atoms with Crippen LogP contribution in [0.5, 0.6) is 0 Å². The summed E-state index contributed by atoms with van der Waals surface area (Å²) in [6, 6.07) is 0.846. The maximum atomic E-state index is 5.71. The van der Waals surface area contributed by atoms with E-state index >= 15 is 0 Å². The van der Waals surface area contributed by atoms with Gasteiger partial charge in [0.15, 0.2) is 0 Å². The summed E-state index contributed by atoms with van der Waals surface area (Å²) in [5, 5.41) is 0. The number of ether oxygens (including phenoxy) is 1. The molecule has 0 aromatic carbocycles. The van der Waals surface area contributed by atoms with Crippen molar-refractivity contribution in [2.75, 3.05) is 39.3 Å². The molecule has 0 N–H and O–H groups in total. The summed E-state index contributed by atoms with van der Waals surface area (Å²) >= 11 is 0. The van der Waals surface area contributed by atoms with Gasteiger partial charge >= 0.3 is 0 Å². The van der Waals surface area contributed by atoms with E-state index in [9.17, 15) is 0 Å². The third-order valence-electron chi connectivity index (χ3n) is 5.16. The Hall–Kier alpha value is -0.120. The molecule has 0 aromatic heterocycles. The first-order chi connectivity index (χ1) is 8.83. The highest BCUT2D eigenvalue weighted by Gasteiger charge is 2.30. The topological polar surface area (TPSA) is 15.7 Å². The molecule has 0 amide bonds.